The summed E-state index contributed by atoms with van der Waals surface area (Å²) in [7, 11) is 0. The minimum Gasteiger partial charge on any atom is -0.481 e. The number of hydrogen-bond donors (Lipinski definition) is 1. The molecule has 1 aliphatic rings. The van der Waals surface area contributed by atoms with E-state index >= 15 is 0 Å². The van der Waals surface area contributed by atoms with E-state index in [4.69, 9.17) is 0 Å². The van der Waals surface area contributed by atoms with Crippen LogP contribution in [0.15, 0.2) is 64.5 Å². The summed E-state index contributed by atoms with van der Waals surface area (Å²) < 4.78 is 17.0. The zero-order valence-corrected chi connectivity index (χ0v) is 18.7. The van der Waals surface area contributed by atoms with Gasteiger partial charge in [-0.1, -0.05) is 30.0 Å². The van der Waals surface area contributed by atoms with E-state index in [1.54, 1.807) is 30.1 Å². The van der Waals surface area contributed by atoms with Crippen molar-refractivity contribution in [2.24, 2.45) is 0 Å². The van der Waals surface area contributed by atoms with E-state index in [1.165, 1.54) is 0 Å². The number of rotatable bonds is 5. The molecule has 0 saturated carbocycles. The van der Waals surface area contributed by atoms with Crippen molar-refractivity contribution in [3.05, 3.63) is 71.2 Å². The van der Waals surface area contributed by atoms with Crippen LogP contribution in [0.25, 0.3) is 32.9 Å². The maximum absolute atomic E-state index is 14.9. The smallest absolute Gasteiger partial charge is 0.304 e. The highest BCUT2D eigenvalue weighted by molar-refractivity contribution is 8.03. The molecule has 32 heavy (non-hydrogen) atoms. The van der Waals surface area contributed by atoms with Gasteiger partial charge in [0.2, 0.25) is 0 Å². The first-order valence-electron chi connectivity index (χ1n) is 10.7. The molecular weight excluding hydrogens is 423 g/mol. The van der Waals surface area contributed by atoms with Gasteiger partial charge in [0.25, 0.3) is 0 Å². The average Bonchev–Trinajstić information content (AvgIpc) is 3.31. The fraction of sp³-hybridized carbons (Fsp3) is 0.231. The van der Waals surface area contributed by atoms with Crippen LogP contribution in [0.4, 0.5) is 4.39 Å². The molecule has 0 aliphatic carbocycles. The zero-order chi connectivity index (χ0) is 22.4. The molecule has 1 N–H and O–H groups in total. The van der Waals surface area contributed by atoms with Crippen LogP contribution in [0, 0.1) is 5.82 Å². The molecule has 4 nitrogen and oxygen atoms in total. The predicted octanol–water partition coefficient (Wildman–Crippen LogP) is 6.97. The van der Waals surface area contributed by atoms with Crippen LogP contribution >= 0.6 is 11.8 Å². The van der Waals surface area contributed by atoms with Crippen molar-refractivity contribution >= 4 is 39.5 Å². The van der Waals surface area contributed by atoms with E-state index in [0.29, 0.717) is 6.54 Å². The Morgan fingerprint density at radius 1 is 1.31 bits per heavy atom. The highest BCUT2D eigenvalue weighted by Crippen LogP contribution is 2.49. The Balaban J connectivity index is 1.81. The summed E-state index contributed by atoms with van der Waals surface area (Å²) in [5, 5.41) is 11.5. The number of nitrogens with zero attached hydrogens (tertiary/aromatic N) is 2. The third-order valence-corrected chi connectivity index (χ3v) is 7.39. The molecule has 0 spiro atoms. The molecule has 0 amide bonds. The van der Waals surface area contributed by atoms with Gasteiger partial charge >= 0.3 is 5.97 Å². The molecule has 0 bridgehead atoms. The average molecular weight is 447 g/mol. The van der Waals surface area contributed by atoms with Gasteiger partial charge in [0.15, 0.2) is 0 Å². The third kappa shape index (κ3) is 3.48. The van der Waals surface area contributed by atoms with Crippen LogP contribution in [-0.2, 0) is 11.3 Å². The summed E-state index contributed by atoms with van der Waals surface area (Å²) in [5.74, 6) is -1.18. The van der Waals surface area contributed by atoms with Crippen LogP contribution in [0.2, 0.25) is 0 Å². The second kappa shape index (κ2) is 8.10. The van der Waals surface area contributed by atoms with Crippen molar-refractivity contribution in [1.82, 2.24) is 9.55 Å². The molecule has 0 radical (unpaired) electrons. The Kier molecular flexibility index (Phi) is 5.25. The number of aliphatic carboxylic acids is 1. The van der Waals surface area contributed by atoms with Crippen molar-refractivity contribution in [3.8, 4) is 11.1 Å². The van der Waals surface area contributed by atoms with Gasteiger partial charge in [0, 0.05) is 40.0 Å². The van der Waals surface area contributed by atoms with Gasteiger partial charge in [-0.05, 0) is 66.6 Å². The maximum atomic E-state index is 14.9. The number of carbonyl (C=O) groups is 1. The lowest BCUT2D eigenvalue weighted by atomic mass is 9.96. The van der Waals surface area contributed by atoms with Crippen LogP contribution < -0.4 is 0 Å². The van der Waals surface area contributed by atoms with Crippen LogP contribution in [-0.4, -0.2) is 20.6 Å². The molecule has 4 aromatic rings. The predicted molar refractivity (Wildman–Crippen MR) is 128 cm³/mol. The highest BCUT2D eigenvalue weighted by Gasteiger charge is 2.32. The number of carboxylic acid groups (broad SMARTS) is 1. The number of thioether (sulfide) groups is 1. The molecule has 1 aliphatic heterocycles. The normalized spacial score (nSPS) is 16.1. The van der Waals surface area contributed by atoms with E-state index in [-0.39, 0.29) is 18.2 Å². The molecule has 0 fully saturated rings. The number of aromatic nitrogens is 2. The van der Waals surface area contributed by atoms with E-state index in [0.717, 1.165) is 54.8 Å². The van der Waals surface area contributed by atoms with Gasteiger partial charge < -0.3 is 9.67 Å². The number of hydrogen-bond acceptors (Lipinski definition) is 3. The second-order valence-electron chi connectivity index (χ2n) is 8.21. The lowest BCUT2D eigenvalue weighted by molar-refractivity contribution is -0.137. The number of halogens is 1. The second-order valence-corrected chi connectivity index (χ2v) is 9.47. The first-order valence-corrected chi connectivity index (χ1v) is 11.5. The highest BCUT2D eigenvalue weighted by atomic mass is 32.2. The van der Waals surface area contributed by atoms with Crippen LogP contribution in [0.5, 0.6) is 0 Å². The lowest BCUT2D eigenvalue weighted by Crippen LogP contribution is -2.04. The SMILES string of the molecule is C/C=C(\C)Sc1c2n(c3cc(F)cc(-c4ccc5ncccc5c4)c13)CCC2CC(=O)O. The first kappa shape index (κ1) is 20.8. The number of aryl methyl sites for hydroxylation is 1. The van der Waals surface area contributed by atoms with Crippen molar-refractivity contribution in [3.63, 3.8) is 0 Å². The Morgan fingerprint density at radius 3 is 2.94 bits per heavy atom. The molecule has 162 valence electrons. The number of allylic oxidation sites excluding steroid dienone is 2. The van der Waals surface area contributed by atoms with Gasteiger partial charge in [-0.2, -0.15) is 0 Å². The summed E-state index contributed by atoms with van der Waals surface area (Å²) in [5.41, 5.74) is 4.50. The number of benzene rings is 2. The van der Waals surface area contributed by atoms with E-state index in [2.05, 4.69) is 9.55 Å². The molecule has 6 heteroatoms. The first-order chi connectivity index (χ1) is 15.5. The van der Waals surface area contributed by atoms with Crippen molar-refractivity contribution in [1.29, 1.82) is 0 Å². The van der Waals surface area contributed by atoms with Gasteiger partial charge in [-0.3, -0.25) is 9.78 Å². The lowest BCUT2D eigenvalue weighted by Gasteiger charge is -2.12. The quantitative estimate of drug-likeness (QED) is 0.336. The number of fused-ring (bicyclic) bond motifs is 4. The van der Waals surface area contributed by atoms with Crippen LogP contribution in [0.3, 0.4) is 0 Å². The van der Waals surface area contributed by atoms with Gasteiger partial charge in [-0.25, -0.2) is 4.39 Å². The summed E-state index contributed by atoms with van der Waals surface area (Å²) in [6.45, 7) is 4.74. The molecule has 0 saturated heterocycles. The Bertz CT molecular complexity index is 1410. The molecule has 2 aromatic carbocycles. The van der Waals surface area contributed by atoms with Gasteiger partial charge in [-0.15, -0.1) is 0 Å². The van der Waals surface area contributed by atoms with E-state index < -0.39 is 5.97 Å². The van der Waals surface area contributed by atoms with E-state index in [9.17, 15) is 14.3 Å². The summed E-state index contributed by atoms with van der Waals surface area (Å²) in [6, 6.07) is 13.1. The molecule has 1 unspecified atom stereocenters. The molecule has 3 heterocycles. The number of carboxylic acids is 1. The fourth-order valence-corrected chi connectivity index (χ4v) is 5.83. The minimum atomic E-state index is -0.805. The van der Waals surface area contributed by atoms with Gasteiger partial charge in [0.05, 0.1) is 17.5 Å². The number of pyridine rings is 1. The van der Waals surface area contributed by atoms with Gasteiger partial charge in [0.1, 0.15) is 5.82 Å². The van der Waals surface area contributed by atoms with E-state index in [1.807, 2.05) is 50.3 Å². The van der Waals surface area contributed by atoms with Crippen LogP contribution in [0.1, 0.15) is 38.3 Å². The third-order valence-electron chi connectivity index (χ3n) is 6.22. The van der Waals surface area contributed by atoms with Crippen molar-refractivity contribution in [2.45, 2.75) is 44.0 Å². The standard InChI is InChI=1S/C26H23FN2O2S/c1-3-15(2)32-26-24-20(16-6-7-21-17(11-16)5-4-9-28-21)13-19(27)14-22(24)29-10-8-18(25(26)29)12-23(30)31/h3-7,9,11,13-14,18H,8,10,12H2,1-2H3,(H,30,31)/b15-3+. The fourth-order valence-electron chi connectivity index (χ4n) is 4.70. The maximum Gasteiger partial charge on any atom is 0.304 e. The van der Waals surface area contributed by atoms with Crippen molar-refractivity contribution < 1.29 is 14.3 Å². The Hall–Kier alpha value is -3.12. The molecule has 5 rings (SSSR count). The largest absolute Gasteiger partial charge is 0.481 e. The summed E-state index contributed by atoms with van der Waals surface area (Å²) >= 11 is 1.65. The topological polar surface area (TPSA) is 55.1 Å². The summed E-state index contributed by atoms with van der Waals surface area (Å²) in [4.78, 5) is 18.1. The molecule has 2 aromatic heterocycles. The van der Waals surface area contributed by atoms with Crippen molar-refractivity contribution in [2.75, 3.05) is 0 Å². The Labute approximate surface area is 189 Å². The zero-order valence-electron chi connectivity index (χ0n) is 17.9. The Morgan fingerprint density at radius 2 is 2.16 bits per heavy atom. The summed E-state index contributed by atoms with van der Waals surface area (Å²) in [6.07, 6.45) is 4.65. The molecule has 1 atom stereocenters. The minimum absolute atomic E-state index is 0.0798. The monoisotopic (exact) mass is 446 g/mol. The molecular formula is C26H23FN2O2S.